The smallest absolute Gasteiger partial charge is 0.408 e. The van der Waals surface area contributed by atoms with E-state index in [0.29, 0.717) is 13.0 Å². The summed E-state index contributed by atoms with van der Waals surface area (Å²) in [6.45, 7) is 11.2. The Hall–Kier alpha value is -0.926. The summed E-state index contributed by atoms with van der Waals surface area (Å²) in [6.07, 6.45) is -1.37. The van der Waals surface area contributed by atoms with Gasteiger partial charge in [-0.15, -0.1) is 0 Å². The fourth-order valence-electron chi connectivity index (χ4n) is 3.28. The molecule has 0 aliphatic heterocycles. The van der Waals surface area contributed by atoms with E-state index in [9.17, 15) is 14.7 Å². The summed E-state index contributed by atoms with van der Waals surface area (Å²) >= 11 is 3.89. The Bertz CT molecular complexity index is 737. The first kappa shape index (κ1) is 37.2. The molecule has 11 heteroatoms. The fraction of sp³-hybridized carbons (Fsp3) is 0.680. The number of hydrogen-bond donors (Lipinski definition) is 2. The van der Waals surface area contributed by atoms with Crippen molar-refractivity contribution < 1.29 is 55.4 Å². The van der Waals surface area contributed by atoms with E-state index in [1.54, 1.807) is 27.7 Å². The Morgan fingerprint density at radius 3 is 2.14 bits per heavy atom. The summed E-state index contributed by atoms with van der Waals surface area (Å²) in [5.41, 5.74) is 0.345. The van der Waals surface area contributed by atoms with Crippen molar-refractivity contribution in [3.63, 3.8) is 0 Å². The molecule has 0 unspecified atom stereocenters. The first-order chi connectivity index (χ1) is 16.5. The van der Waals surface area contributed by atoms with E-state index in [2.05, 4.69) is 25.1 Å². The number of esters is 1. The minimum atomic E-state index is -1.04. The number of hydrogen-bond acceptors (Lipinski definition) is 8. The van der Waals surface area contributed by atoms with Gasteiger partial charge in [0.1, 0.15) is 11.7 Å². The number of alkyl carbamates (subject to hydrolysis) is 1. The quantitative estimate of drug-likeness (QED) is 0.206. The van der Waals surface area contributed by atoms with Gasteiger partial charge in [-0.05, 0) is 53.6 Å². The molecule has 1 rings (SSSR count). The predicted octanol–water partition coefficient (Wildman–Crippen LogP) is 3.94. The molecule has 36 heavy (non-hydrogen) atoms. The molecule has 204 valence electrons. The van der Waals surface area contributed by atoms with Gasteiger partial charge in [-0.3, -0.25) is 0 Å². The molecule has 1 amide bonds. The zero-order valence-corrected chi connectivity index (χ0v) is 25.8. The van der Waals surface area contributed by atoms with Crippen LogP contribution in [0.1, 0.15) is 47.1 Å². The van der Waals surface area contributed by atoms with Crippen molar-refractivity contribution in [1.82, 2.24) is 5.32 Å². The number of benzene rings is 1. The Morgan fingerprint density at radius 1 is 1.08 bits per heavy atom. The van der Waals surface area contributed by atoms with Gasteiger partial charge in [0.15, 0.2) is 6.04 Å². The number of aliphatic hydroxyl groups is 1. The molecule has 0 aliphatic rings. The molecule has 8 nitrogen and oxygen atoms in total. The molecule has 0 saturated carbocycles. The van der Waals surface area contributed by atoms with Crippen LogP contribution in [0.4, 0.5) is 4.79 Å². The maximum atomic E-state index is 12.9. The molecule has 0 aromatic heterocycles. The second-order valence-corrected chi connectivity index (χ2v) is 9.62. The van der Waals surface area contributed by atoms with Crippen LogP contribution < -0.4 is 5.32 Å². The third-order valence-corrected chi connectivity index (χ3v) is 4.74. The van der Waals surface area contributed by atoms with Crippen molar-refractivity contribution >= 4 is 31.9 Å². The molecule has 0 heterocycles. The SMILES string of the molecule is COC[C@H](NC(=O)OC(C)(C)C)C(=O)O[C@@H](C)[C@H](OCC(C)C)[C@H](CO)Cc1ccccc1.P=S.[Ti]. The third kappa shape index (κ3) is 16.0. The maximum absolute atomic E-state index is 12.9. The molecule has 0 bridgehead atoms. The van der Waals surface area contributed by atoms with Gasteiger partial charge in [0.25, 0.3) is 0 Å². The normalized spacial score (nSPS) is 14.2. The summed E-state index contributed by atoms with van der Waals surface area (Å²) in [6, 6.07) is 8.74. The summed E-state index contributed by atoms with van der Waals surface area (Å²) in [5.74, 6) is -0.681. The van der Waals surface area contributed by atoms with E-state index in [1.165, 1.54) is 7.11 Å². The van der Waals surface area contributed by atoms with Gasteiger partial charge < -0.3 is 29.4 Å². The van der Waals surface area contributed by atoms with Crippen LogP contribution >= 0.6 is 8.02 Å². The number of rotatable bonds is 13. The van der Waals surface area contributed by atoms with Gasteiger partial charge in [-0.2, -0.15) is 0 Å². The van der Waals surface area contributed by atoms with Gasteiger partial charge in [-0.25, -0.2) is 9.59 Å². The molecule has 4 atom stereocenters. The van der Waals surface area contributed by atoms with E-state index >= 15 is 0 Å². The molecule has 2 N–H and O–H groups in total. The minimum Gasteiger partial charge on any atom is -0.458 e. The van der Waals surface area contributed by atoms with Crippen LogP contribution in [0.3, 0.4) is 0 Å². The van der Waals surface area contributed by atoms with Crippen LogP contribution in [-0.2, 0) is 63.7 Å². The second kappa shape index (κ2) is 20.1. The minimum absolute atomic E-state index is 0. The zero-order valence-electron chi connectivity index (χ0n) is 22.4. The summed E-state index contributed by atoms with van der Waals surface area (Å²) in [4.78, 5) is 25.0. The number of aliphatic hydroxyl groups excluding tert-OH is 1. The summed E-state index contributed by atoms with van der Waals surface area (Å²) in [5, 5.41) is 12.6. The molecule has 1 aromatic rings. The Labute approximate surface area is 238 Å². The largest absolute Gasteiger partial charge is 0.458 e. The predicted molar refractivity (Wildman–Crippen MR) is 142 cm³/mol. The molecule has 0 radical (unpaired) electrons. The van der Waals surface area contributed by atoms with E-state index in [1.807, 2.05) is 44.2 Å². The standard InChI is InChI=1S/C25H41NO7.HPS.Ti/c1-17(2)15-31-22(20(14-27)13-19-11-9-8-10-12-19)18(3)32-23(28)21(16-30-7)26-24(29)33-25(4,5)6;1-2;/h8-12,17-18,20-22,27H,13-16H2,1-7H3,(H,26,29);1H;/t18-,20-,21-,22-;;/m0../s1. The van der Waals surface area contributed by atoms with Crippen LogP contribution in [0.25, 0.3) is 0 Å². The monoisotopic (exact) mass is 579 g/mol. The average Bonchev–Trinajstić information content (AvgIpc) is 2.78. The van der Waals surface area contributed by atoms with Crippen molar-refractivity contribution in [2.24, 2.45) is 11.8 Å². The number of nitrogens with one attached hydrogen (secondary N) is 1. The Kier molecular flexibility index (Phi) is 20.8. The van der Waals surface area contributed by atoms with Crippen molar-refractivity contribution in [2.75, 3.05) is 26.9 Å². The van der Waals surface area contributed by atoms with Crippen molar-refractivity contribution in [2.45, 2.75) is 71.8 Å². The maximum Gasteiger partial charge on any atom is 0.408 e. The van der Waals surface area contributed by atoms with Gasteiger partial charge in [0.05, 0.1) is 12.7 Å². The molecule has 0 saturated heterocycles. The number of amides is 1. The molecular weight excluding hydrogens is 537 g/mol. The first-order valence-electron chi connectivity index (χ1n) is 11.6. The van der Waals surface area contributed by atoms with E-state index in [0.717, 1.165) is 5.56 Å². The number of carbonyl (C=O) groups excluding carboxylic acids is 2. The molecule has 0 fully saturated rings. The molecule has 0 aliphatic carbocycles. The van der Waals surface area contributed by atoms with Crippen molar-refractivity contribution in [3.8, 4) is 0 Å². The van der Waals surface area contributed by atoms with Crippen LogP contribution in [0.15, 0.2) is 30.3 Å². The number of ether oxygens (including phenoxy) is 4. The van der Waals surface area contributed by atoms with Crippen molar-refractivity contribution in [3.05, 3.63) is 35.9 Å². The zero-order chi connectivity index (χ0) is 27.0. The van der Waals surface area contributed by atoms with Crippen LogP contribution in [-0.4, -0.2) is 68.0 Å². The number of carbonyl (C=O) groups is 2. The molecule has 1 aromatic carbocycles. The van der Waals surface area contributed by atoms with Crippen LogP contribution in [0.5, 0.6) is 0 Å². The summed E-state index contributed by atoms with van der Waals surface area (Å²) < 4.78 is 22.1. The summed E-state index contributed by atoms with van der Waals surface area (Å²) in [7, 11) is 3.98. The second-order valence-electron chi connectivity index (χ2n) is 9.62. The first-order valence-corrected chi connectivity index (χ1v) is 13.3. The van der Waals surface area contributed by atoms with Crippen LogP contribution in [0.2, 0.25) is 0 Å². The molecular formula is C25H42NO7PSTi. The van der Waals surface area contributed by atoms with Gasteiger partial charge in [0.2, 0.25) is 0 Å². The van der Waals surface area contributed by atoms with E-state index in [4.69, 9.17) is 18.9 Å². The van der Waals surface area contributed by atoms with E-state index in [-0.39, 0.29) is 46.8 Å². The Balaban J connectivity index is 0. The Morgan fingerprint density at radius 2 is 1.67 bits per heavy atom. The number of methoxy groups -OCH3 is 1. The average molecular weight is 580 g/mol. The van der Waals surface area contributed by atoms with Gasteiger partial charge >= 0.3 is 12.1 Å². The topological polar surface area (TPSA) is 103 Å². The fourth-order valence-corrected chi connectivity index (χ4v) is 3.28. The van der Waals surface area contributed by atoms with E-state index < -0.39 is 35.9 Å². The third-order valence-electron chi connectivity index (χ3n) is 4.74. The molecule has 0 spiro atoms. The van der Waals surface area contributed by atoms with Gasteiger partial charge in [-0.1, -0.05) is 56.0 Å². The van der Waals surface area contributed by atoms with Gasteiger partial charge in [0, 0.05) is 48.0 Å². The van der Waals surface area contributed by atoms with Crippen molar-refractivity contribution in [1.29, 1.82) is 0 Å². The van der Waals surface area contributed by atoms with Crippen LogP contribution in [0, 0.1) is 11.8 Å².